The number of aliphatic carboxylic acids is 1. The Bertz CT molecular complexity index is 734. The van der Waals surface area contributed by atoms with Crippen LogP contribution in [-0.2, 0) is 11.4 Å². The first-order chi connectivity index (χ1) is 11.9. The van der Waals surface area contributed by atoms with Crippen molar-refractivity contribution in [3.8, 4) is 5.75 Å². The largest absolute Gasteiger partial charge is 0.488 e. The predicted molar refractivity (Wildman–Crippen MR) is 90.5 cm³/mol. The molecule has 0 bridgehead atoms. The molecule has 0 saturated carbocycles. The third kappa shape index (κ3) is 5.07. The molecule has 7 nitrogen and oxygen atoms in total. The number of aryl methyl sites for hydroxylation is 2. The van der Waals surface area contributed by atoms with Crippen LogP contribution in [0.1, 0.15) is 47.1 Å². The van der Waals surface area contributed by atoms with Crippen LogP contribution in [0.5, 0.6) is 5.75 Å². The summed E-state index contributed by atoms with van der Waals surface area (Å²) in [6.07, 6.45) is 0.370. The number of aromatic nitrogens is 1. The lowest BCUT2D eigenvalue weighted by Gasteiger charge is -2.15. The van der Waals surface area contributed by atoms with Crippen molar-refractivity contribution in [2.24, 2.45) is 0 Å². The van der Waals surface area contributed by atoms with E-state index in [2.05, 4.69) is 10.5 Å². The summed E-state index contributed by atoms with van der Waals surface area (Å²) in [5, 5.41) is 15.4. The number of amides is 1. The predicted octanol–water partition coefficient (Wildman–Crippen LogP) is 2.85. The Morgan fingerprint density at radius 3 is 2.68 bits per heavy atom. The van der Waals surface area contributed by atoms with Gasteiger partial charge in [-0.3, -0.25) is 9.59 Å². The molecule has 2 N–H and O–H groups in total. The van der Waals surface area contributed by atoms with Crippen LogP contribution in [0.2, 0.25) is 0 Å². The van der Waals surface area contributed by atoms with Crippen molar-refractivity contribution < 1.29 is 24.0 Å². The molecular weight excluding hydrogens is 324 g/mol. The number of para-hydroxylation sites is 1. The zero-order chi connectivity index (χ0) is 18.4. The maximum atomic E-state index is 12.4. The van der Waals surface area contributed by atoms with Crippen LogP contribution in [0.3, 0.4) is 0 Å². The fourth-order valence-electron chi connectivity index (χ4n) is 2.35. The van der Waals surface area contributed by atoms with Crippen molar-refractivity contribution in [3.05, 3.63) is 46.8 Å². The number of rotatable bonds is 8. The molecule has 1 unspecified atom stereocenters. The zero-order valence-electron chi connectivity index (χ0n) is 14.5. The number of carbonyl (C=O) groups is 2. The summed E-state index contributed by atoms with van der Waals surface area (Å²) in [7, 11) is 0. The average Bonchev–Trinajstić information content (AvgIpc) is 2.89. The number of carbonyl (C=O) groups excluding carboxylic acids is 1. The van der Waals surface area contributed by atoms with Gasteiger partial charge in [-0.25, -0.2) is 0 Å². The van der Waals surface area contributed by atoms with Crippen LogP contribution in [0, 0.1) is 13.8 Å². The van der Waals surface area contributed by atoms with Gasteiger partial charge in [0.1, 0.15) is 18.1 Å². The first kappa shape index (κ1) is 18.5. The number of hydrogen-bond donors (Lipinski definition) is 2. The van der Waals surface area contributed by atoms with Crippen LogP contribution in [0.4, 0.5) is 0 Å². The Kier molecular flexibility index (Phi) is 6.16. The normalized spacial score (nSPS) is 11.8. The van der Waals surface area contributed by atoms with Crippen molar-refractivity contribution in [2.45, 2.75) is 46.3 Å². The molecule has 1 aromatic heterocycles. The third-order valence-electron chi connectivity index (χ3n) is 3.85. The molecule has 0 aliphatic carbocycles. The maximum Gasteiger partial charge on any atom is 0.303 e. The van der Waals surface area contributed by atoms with E-state index in [1.54, 1.807) is 38.1 Å². The minimum atomic E-state index is -0.885. The minimum absolute atomic E-state index is 0.00559. The topological polar surface area (TPSA) is 102 Å². The summed E-state index contributed by atoms with van der Waals surface area (Å²) in [5.74, 6) is -0.0521. The molecule has 25 heavy (non-hydrogen) atoms. The van der Waals surface area contributed by atoms with Gasteiger partial charge < -0.3 is 19.7 Å². The smallest absolute Gasteiger partial charge is 0.303 e. The van der Waals surface area contributed by atoms with E-state index >= 15 is 0 Å². The van der Waals surface area contributed by atoms with Gasteiger partial charge in [-0.15, -0.1) is 0 Å². The lowest BCUT2D eigenvalue weighted by molar-refractivity contribution is -0.137. The van der Waals surface area contributed by atoms with Gasteiger partial charge in [-0.05, 0) is 39.3 Å². The number of nitrogens with zero attached hydrogens (tertiary/aromatic N) is 1. The highest BCUT2D eigenvalue weighted by atomic mass is 16.5. The molecule has 0 saturated heterocycles. The summed E-state index contributed by atoms with van der Waals surface area (Å²) in [6.45, 7) is 5.66. The third-order valence-corrected chi connectivity index (χ3v) is 3.85. The molecule has 1 atom stereocenters. The Hall–Kier alpha value is -2.83. The van der Waals surface area contributed by atoms with E-state index < -0.39 is 5.97 Å². The second kappa shape index (κ2) is 8.32. The standard InChI is InChI=1S/C18H22N2O5/c1-11(8-9-17(21)22)19-18(23)14-6-4-5-7-16(14)24-10-15-12(2)20-25-13(15)3/h4-7,11H,8-10H2,1-3H3,(H,19,23)(H,21,22). The lowest BCUT2D eigenvalue weighted by atomic mass is 10.1. The zero-order valence-corrected chi connectivity index (χ0v) is 14.5. The Morgan fingerprint density at radius 1 is 1.32 bits per heavy atom. The summed E-state index contributed by atoms with van der Waals surface area (Å²) in [4.78, 5) is 23.1. The van der Waals surface area contributed by atoms with Crippen LogP contribution in [-0.4, -0.2) is 28.2 Å². The van der Waals surface area contributed by atoms with Crippen molar-refractivity contribution >= 4 is 11.9 Å². The molecule has 0 fully saturated rings. The summed E-state index contributed by atoms with van der Waals surface area (Å²) >= 11 is 0. The number of benzene rings is 1. The molecule has 1 aromatic carbocycles. The Labute approximate surface area is 146 Å². The molecule has 2 rings (SSSR count). The van der Waals surface area contributed by atoms with E-state index in [0.29, 0.717) is 23.5 Å². The minimum Gasteiger partial charge on any atom is -0.488 e. The number of carboxylic acids is 1. The fraction of sp³-hybridized carbons (Fsp3) is 0.389. The lowest BCUT2D eigenvalue weighted by Crippen LogP contribution is -2.33. The van der Waals surface area contributed by atoms with Crippen molar-refractivity contribution in [1.82, 2.24) is 10.5 Å². The average molecular weight is 346 g/mol. The molecule has 7 heteroatoms. The van der Waals surface area contributed by atoms with Crippen LogP contribution < -0.4 is 10.1 Å². The number of nitrogens with one attached hydrogen (secondary N) is 1. The monoisotopic (exact) mass is 346 g/mol. The molecule has 0 spiro atoms. The SMILES string of the molecule is Cc1noc(C)c1COc1ccccc1C(=O)NC(C)CCC(=O)O. The summed E-state index contributed by atoms with van der Waals surface area (Å²) < 4.78 is 10.9. The quantitative estimate of drug-likeness (QED) is 0.762. The first-order valence-electron chi connectivity index (χ1n) is 8.04. The van der Waals surface area contributed by atoms with Gasteiger partial charge in [-0.2, -0.15) is 0 Å². The van der Waals surface area contributed by atoms with Gasteiger partial charge in [0.25, 0.3) is 5.91 Å². The second-order valence-electron chi connectivity index (χ2n) is 5.89. The molecule has 0 radical (unpaired) electrons. The van der Waals surface area contributed by atoms with E-state index in [0.717, 1.165) is 11.3 Å². The molecule has 1 heterocycles. The highest BCUT2D eigenvalue weighted by molar-refractivity contribution is 5.97. The van der Waals surface area contributed by atoms with Gasteiger partial charge in [0.05, 0.1) is 16.8 Å². The maximum absolute atomic E-state index is 12.4. The number of hydrogen-bond acceptors (Lipinski definition) is 5. The van der Waals surface area contributed by atoms with Crippen LogP contribution in [0.25, 0.3) is 0 Å². The van der Waals surface area contributed by atoms with Crippen molar-refractivity contribution in [1.29, 1.82) is 0 Å². The molecular formula is C18H22N2O5. The molecule has 2 aromatic rings. The van der Waals surface area contributed by atoms with Gasteiger partial charge in [0.2, 0.25) is 0 Å². The highest BCUT2D eigenvalue weighted by Gasteiger charge is 2.16. The first-order valence-corrected chi connectivity index (χ1v) is 8.04. The van der Waals surface area contributed by atoms with Crippen molar-refractivity contribution in [2.75, 3.05) is 0 Å². The second-order valence-corrected chi connectivity index (χ2v) is 5.89. The van der Waals surface area contributed by atoms with Crippen LogP contribution in [0.15, 0.2) is 28.8 Å². The summed E-state index contributed by atoms with van der Waals surface area (Å²) in [5.41, 5.74) is 2.00. The van der Waals surface area contributed by atoms with Gasteiger partial charge >= 0.3 is 5.97 Å². The van der Waals surface area contributed by atoms with E-state index in [-0.39, 0.29) is 25.0 Å². The molecule has 0 aliphatic heterocycles. The Balaban J connectivity index is 2.04. The van der Waals surface area contributed by atoms with Crippen LogP contribution >= 0.6 is 0 Å². The molecule has 0 aliphatic rings. The van der Waals surface area contributed by atoms with E-state index in [9.17, 15) is 9.59 Å². The van der Waals surface area contributed by atoms with E-state index in [1.807, 2.05) is 6.92 Å². The number of ether oxygens (including phenoxy) is 1. The molecule has 1 amide bonds. The Morgan fingerprint density at radius 2 is 2.04 bits per heavy atom. The molecule has 134 valence electrons. The summed E-state index contributed by atoms with van der Waals surface area (Å²) in [6, 6.07) is 6.67. The van der Waals surface area contributed by atoms with E-state index in [1.165, 1.54) is 0 Å². The van der Waals surface area contributed by atoms with Gasteiger partial charge in [0, 0.05) is 12.5 Å². The van der Waals surface area contributed by atoms with Crippen molar-refractivity contribution in [3.63, 3.8) is 0 Å². The highest BCUT2D eigenvalue weighted by Crippen LogP contribution is 2.21. The van der Waals surface area contributed by atoms with Gasteiger partial charge in [-0.1, -0.05) is 17.3 Å². The van der Waals surface area contributed by atoms with Gasteiger partial charge in [0.15, 0.2) is 0 Å². The fourth-order valence-corrected chi connectivity index (χ4v) is 2.35. The van der Waals surface area contributed by atoms with E-state index in [4.69, 9.17) is 14.4 Å². The number of carboxylic acid groups (broad SMARTS) is 1.